The maximum atomic E-state index is 5.90. The third-order valence-electron chi connectivity index (χ3n) is 3.98. The van der Waals surface area contributed by atoms with E-state index in [9.17, 15) is 0 Å². The van der Waals surface area contributed by atoms with Gasteiger partial charge in [-0.1, -0.05) is 36.4 Å². The van der Waals surface area contributed by atoms with Crippen LogP contribution in [0.3, 0.4) is 0 Å². The van der Waals surface area contributed by atoms with Gasteiger partial charge >= 0.3 is 0 Å². The monoisotopic (exact) mass is 312 g/mol. The Morgan fingerprint density at radius 1 is 0.739 bits per heavy atom. The largest absolute Gasteiger partial charge is 0.490 e. The zero-order valence-corrected chi connectivity index (χ0v) is 12.9. The van der Waals surface area contributed by atoms with Gasteiger partial charge in [0.25, 0.3) is 0 Å². The van der Waals surface area contributed by atoms with E-state index in [0.29, 0.717) is 13.2 Å². The Morgan fingerprint density at radius 2 is 1.17 bits per heavy atom. The van der Waals surface area contributed by atoms with Crippen LogP contribution in [0.4, 0.5) is 0 Å². The van der Waals surface area contributed by atoms with E-state index < -0.39 is 0 Å². The summed E-state index contributed by atoms with van der Waals surface area (Å²) in [6.45, 7) is 2.85. The molecule has 0 N–H and O–H groups in total. The molecule has 4 heteroatoms. The molecule has 0 bridgehead atoms. The van der Waals surface area contributed by atoms with Gasteiger partial charge in [0.1, 0.15) is 36.9 Å². The molecular formula is C19H20O4. The zero-order valence-electron chi connectivity index (χ0n) is 12.9. The molecule has 2 aliphatic heterocycles. The lowest BCUT2D eigenvalue weighted by Crippen LogP contribution is -2.08. The highest BCUT2D eigenvalue weighted by atomic mass is 16.6. The Labute approximate surface area is 135 Å². The maximum absolute atomic E-state index is 5.90. The van der Waals surface area contributed by atoms with Crippen molar-refractivity contribution in [2.24, 2.45) is 0 Å². The van der Waals surface area contributed by atoms with Crippen molar-refractivity contribution in [3.05, 3.63) is 59.7 Å². The van der Waals surface area contributed by atoms with Gasteiger partial charge in [-0.05, 0) is 23.3 Å². The molecule has 0 amide bonds. The van der Waals surface area contributed by atoms with E-state index in [1.165, 1.54) is 0 Å². The lowest BCUT2D eigenvalue weighted by atomic mass is 10.0. The molecule has 2 atom stereocenters. The topological polar surface area (TPSA) is 43.5 Å². The highest BCUT2D eigenvalue weighted by Gasteiger charge is 2.24. The molecule has 0 radical (unpaired) electrons. The molecule has 2 aromatic rings. The average Bonchev–Trinajstić information content (AvgIpc) is 3.48. The molecule has 23 heavy (non-hydrogen) atoms. The summed E-state index contributed by atoms with van der Waals surface area (Å²) in [5.74, 6) is 1.84. The smallest absolute Gasteiger partial charge is 0.122 e. The van der Waals surface area contributed by atoms with Crippen LogP contribution in [-0.2, 0) is 15.9 Å². The van der Waals surface area contributed by atoms with Crippen molar-refractivity contribution in [3.63, 3.8) is 0 Å². The molecule has 0 saturated carbocycles. The maximum Gasteiger partial charge on any atom is 0.122 e. The highest BCUT2D eigenvalue weighted by molar-refractivity contribution is 5.42. The van der Waals surface area contributed by atoms with Crippen LogP contribution in [0.25, 0.3) is 0 Å². The van der Waals surface area contributed by atoms with Crippen molar-refractivity contribution >= 4 is 0 Å². The Balaban J connectivity index is 1.48. The molecule has 2 heterocycles. The number of ether oxygens (including phenoxy) is 4. The Kier molecular flexibility index (Phi) is 4.18. The summed E-state index contributed by atoms with van der Waals surface area (Å²) in [6, 6.07) is 16.3. The van der Waals surface area contributed by atoms with Gasteiger partial charge < -0.3 is 18.9 Å². The summed E-state index contributed by atoms with van der Waals surface area (Å²) in [7, 11) is 0. The van der Waals surface area contributed by atoms with Gasteiger partial charge in [-0.2, -0.15) is 0 Å². The lowest BCUT2D eigenvalue weighted by molar-refractivity contribution is 0.259. The SMILES string of the molecule is c1ccc(OC[C@@H]2CO2)c(Cc2ccccc2OC[C@@H]2CO2)c1. The van der Waals surface area contributed by atoms with Gasteiger partial charge in [0.05, 0.1) is 13.2 Å². The van der Waals surface area contributed by atoms with Crippen LogP contribution in [0.5, 0.6) is 11.5 Å². The predicted molar refractivity (Wildman–Crippen MR) is 86.2 cm³/mol. The first-order valence-corrected chi connectivity index (χ1v) is 8.03. The van der Waals surface area contributed by atoms with Crippen LogP contribution < -0.4 is 9.47 Å². The third kappa shape index (κ3) is 4.03. The van der Waals surface area contributed by atoms with Crippen LogP contribution in [-0.4, -0.2) is 38.6 Å². The van der Waals surface area contributed by atoms with E-state index in [1.807, 2.05) is 36.4 Å². The molecule has 0 aliphatic carbocycles. The number of hydrogen-bond donors (Lipinski definition) is 0. The van der Waals surface area contributed by atoms with Crippen LogP contribution >= 0.6 is 0 Å². The van der Waals surface area contributed by atoms with E-state index in [0.717, 1.165) is 42.3 Å². The Bertz CT molecular complexity index is 604. The summed E-state index contributed by atoms with van der Waals surface area (Å²) in [5.41, 5.74) is 2.32. The third-order valence-corrected chi connectivity index (χ3v) is 3.98. The molecule has 2 aliphatic rings. The molecule has 4 nitrogen and oxygen atoms in total. The first-order chi connectivity index (χ1) is 11.4. The number of para-hydroxylation sites is 2. The molecule has 120 valence electrons. The van der Waals surface area contributed by atoms with Crippen molar-refractivity contribution in [1.82, 2.24) is 0 Å². The second kappa shape index (κ2) is 6.60. The van der Waals surface area contributed by atoms with Gasteiger partial charge in [0.2, 0.25) is 0 Å². The molecule has 0 aromatic heterocycles. The minimum Gasteiger partial charge on any atom is -0.490 e. The van der Waals surface area contributed by atoms with Gasteiger partial charge in [-0.3, -0.25) is 0 Å². The van der Waals surface area contributed by atoms with E-state index >= 15 is 0 Å². The fraction of sp³-hybridized carbons (Fsp3) is 0.368. The summed E-state index contributed by atoms with van der Waals surface area (Å²) >= 11 is 0. The molecule has 0 spiro atoms. The fourth-order valence-corrected chi connectivity index (χ4v) is 2.48. The molecular weight excluding hydrogens is 292 g/mol. The molecule has 2 fully saturated rings. The second-order valence-corrected chi connectivity index (χ2v) is 5.92. The van der Waals surface area contributed by atoms with Crippen LogP contribution in [0.1, 0.15) is 11.1 Å². The predicted octanol–water partition coefficient (Wildman–Crippen LogP) is 2.83. The molecule has 2 aromatic carbocycles. The van der Waals surface area contributed by atoms with E-state index in [1.54, 1.807) is 0 Å². The number of rotatable bonds is 8. The molecule has 2 saturated heterocycles. The summed E-state index contributed by atoms with van der Waals surface area (Å²) in [5, 5.41) is 0. The van der Waals surface area contributed by atoms with Gasteiger partial charge in [-0.15, -0.1) is 0 Å². The molecule has 4 rings (SSSR count). The van der Waals surface area contributed by atoms with Crippen LogP contribution in [0.15, 0.2) is 48.5 Å². The standard InChI is InChI=1S/C19H20O4/c1-3-7-18(22-12-16-10-20-16)14(5-1)9-15-6-2-4-8-19(15)23-13-17-11-21-17/h1-8,16-17H,9-13H2/t16-,17-/m0/s1. The van der Waals surface area contributed by atoms with E-state index in [-0.39, 0.29) is 12.2 Å². The van der Waals surface area contributed by atoms with Crippen LogP contribution in [0, 0.1) is 0 Å². The lowest BCUT2D eigenvalue weighted by Gasteiger charge is -2.13. The quantitative estimate of drug-likeness (QED) is 0.703. The number of benzene rings is 2. The summed E-state index contributed by atoms with van der Waals surface area (Å²) in [4.78, 5) is 0. The fourth-order valence-electron chi connectivity index (χ4n) is 2.48. The van der Waals surface area contributed by atoms with Crippen molar-refractivity contribution in [2.45, 2.75) is 18.6 Å². The Hall–Kier alpha value is -2.04. The number of epoxide rings is 2. The molecule has 0 unspecified atom stereocenters. The zero-order chi connectivity index (χ0) is 15.5. The first kappa shape index (κ1) is 14.5. The minimum atomic E-state index is 0.261. The van der Waals surface area contributed by atoms with E-state index in [4.69, 9.17) is 18.9 Å². The highest BCUT2D eigenvalue weighted by Crippen LogP contribution is 2.27. The van der Waals surface area contributed by atoms with Gasteiger partial charge in [-0.25, -0.2) is 0 Å². The first-order valence-electron chi connectivity index (χ1n) is 8.03. The summed E-state index contributed by atoms with van der Waals surface area (Å²) < 4.78 is 22.2. The van der Waals surface area contributed by atoms with E-state index in [2.05, 4.69) is 12.1 Å². The van der Waals surface area contributed by atoms with Crippen LogP contribution in [0.2, 0.25) is 0 Å². The average molecular weight is 312 g/mol. The minimum absolute atomic E-state index is 0.261. The number of hydrogen-bond acceptors (Lipinski definition) is 4. The second-order valence-electron chi connectivity index (χ2n) is 5.92. The Morgan fingerprint density at radius 3 is 1.61 bits per heavy atom. The normalized spacial score (nSPS) is 21.7. The van der Waals surface area contributed by atoms with Gasteiger partial charge in [0, 0.05) is 6.42 Å². The van der Waals surface area contributed by atoms with Crippen molar-refractivity contribution < 1.29 is 18.9 Å². The summed E-state index contributed by atoms with van der Waals surface area (Å²) in [6.07, 6.45) is 1.30. The van der Waals surface area contributed by atoms with Crippen molar-refractivity contribution in [1.29, 1.82) is 0 Å². The van der Waals surface area contributed by atoms with Crippen molar-refractivity contribution in [2.75, 3.05) is 26.4 Å². The van der Waals surface area contributed by atoms with Gasteiger partial charge in [0.15, 0.2) is 0 Å². The van der Waals surface area contributed by atoms with Crippen molar-refractivity contribution in [3.8, 4) is 11.5 Å².